The largest absolute Gasteiger partial charge is 0.256 e. The first kappa shape index (κ1) is 22.5. The monoisotopic (exact) mass is 447 g/mol. The number of hydrogen-bond donors (Lipinski definition) is 0. The Morgan fingerprint density at radius 2 is 1.64 bits per heavy atom. The SMILES string of the molecule is CCCCCc1ccc(-c2ccc(C#Cc3ccc4c(F)c(F)c(F)cc4c3)c(F)c2)nc1. The summed E-state index contributed by atoms with van der Waals surface area (Å²) in [5, 5.41) is 0.136. The molecule has 1 nitrogen and oxygen atoms in total. The van der Waals surface area contributed by atoms with Gasteiger partial charge in [-0.1, -0.05) is 49.8 Å². The molecule has 1 heterocycles. The van der Waals surface area contributed by atoms with Crippen LogP contribution in [0.15, 0.2) is 60.8 Å². The number of hydrogen-bond acceptors (Lipinski definition) is 1. The lowest BCUT2D eigenvalue weighted by atomic mass is 10.0. The van der Waals surface area contributed by atoms with Gasteiger partial charge in [-0.05, 0) is 60.2 Å². The van der Waals surface area contributed by atoms with Crippen LogP contribution in [0, 0.1) is 35.1 Å². The highest BCUT2D eigenvalue weighted by Crippen LogP contribution is 2.24. The number of benzene rings is 3. The first-order valence-corrected chi connectivity index (χ1v) is 10.8. The maximum Gasteiger partial charge on any atom is 0.195 e. The van der Waals surface area contributed by atoms with Crippen LogP contribution >= 0.6 is 0 Å². The molecule has 33 heavy (non-hydrogen) atoms. The summed E-state index contributed by atoms with van der Waals surface area (Å²) in [6.07, 6.45) is 6.28. The summed E-state index contributed by atoms with van der Waals surface area (Å²) in [6, 6.07) is 13.8. The number of aryl methyl sites for hydroxylation is 1. The Balaban J connectivity index is 1.54. The number of nitrogens with zero attached hydrogens (tertiary/aromatic N) is 1. The number of pyridine rings is 1. The van der Waals surface area contributed by atoms with Crippen molar-refractivity contribution in [3.8, 4) is 23.1 Å². The van der Waals surface area contributed by atoms with Crippen LogP contribution in [-0.2, 0) is 6.42 Å². The summed E-state index contributed by atoms with van der Waals surface area (Å²) in [4.78, 5) is 4.45. The third kappa shape index (κ3) is 5.06. The molecule has 3 aromatic carbocycles. The minimum absolute atomic E-state index is 0.0427. The first-order chi connectivity index (χ1) is 16.0. The molecule has 0 aliphatic heterocycles. The lowest BCUT2D eigenvalue weighted by Crippen LogP contribution is -1.92. The topological polar surface area (TPSA) is 12.9 Å². The van der Waals surface area contributed by atoms with E-state index in [1.54, 1.807) is 12.1 Å². The summed E-state index contributed by atoms with van der Waals surface area (Å²) in [7, 11) is 0. The number of unbranched alkanes of at least 4 members (excludes halogenated alkanes) is 2. The molecule has 0 saturated heterocycles. The van der Waals surface area contributed by atoms with Crippen molar-refractivity contribution in [3.05, 3.63) is 101 Å². The molecule has 0 saturated carbocycles. The molecule has 4 aromatic rings. The van der Waals surface area contributed by atoms with Crippen molar-refractivity contribution in [2.45, 2.75) is 32.6 Å². The van der Waals surface area contributed by atoms with Crippen molar-refractivity contribution < 1.29 is 17.6 Å². The van der Waals surface area contributed by atoms with Crippen molar-refractivity contribution >= 4 is 10.8 Å². The Morgan fingerprint density at radius 1 is 0.788 bits per heavy atom. The zero-order valence-corrected chi connectivity index (χ0v) is 18.1. The number of rotatable bonds is 5. The van der Waals surface area contributed by atoms with Crippen molar-refractivity contribution in [2.75, 3.05) is 0 Å². The molecule has 4 rings (SSSR count). The standard InChI is InChI=1S/C28H21F4N/c1-2-3-4-5-19-8-13-26(33-17-19)21-11-10-20(24(29)15-21)9-6-18-7-12-23-22(14-18)16-25(30)28(32)27(23)31/h7-8,10-17H,2-5H2,1H3. The van der Waals surface area contributed by atoms with Gasteiger partial charge in [0.05, 0.1) is 11.3 Å². The predicted molar refractivity (Wildman–Crippen MR) is 123 cm³/mol. The molecule has 0 N–H and O–H groups in total. The Labute approximate surface area is 190 Å². The Morgan fingerprint density at radius 3 is 2.36 bits per heavy atom. The molecule has 0 radical (unpaired) electrons. The third-order valence-electron chi connectivity index (χ3n) is 5.47. The van der Waals surface area contributed by atoms with Gasteiger partial charge in [0.2, 0.25) is 0 Å². The van der Waals surface area contributed by atoms with Crippen molar-refractivity contribution in [2.24, 2.45) is 0 Å². The molecule has 1 aromatic heterocycles. The van der Waals surface area contributed by atoms with E-state index in [4.69, 9.17) is 0 Å². The zero-order valence-electron chi connectivity index (χ0n) is 18.1. The third-order valence-corrected chi connectivity index (χ3v) is 5.47. The van der Waals surface area contributed by atoms with Gasteiger partial charge in [0.1, 0.15) is 5.82 Å². The maximum absolute atomic E-state index is 14.7. The number of fused-ring (bicyclic) bond motifs is 1. The second kappa shape index (κ2) is 9.87. The van der Waals surface area contributed by atoms with E-state index >= 15 is 0 Å². The highest BCUT2D eigenvalue weighted by Gasteiger charge is 2.13. The second-order valence-electron chi connectivity index (χ2n) is 7.88. The molecule has 0 aliphatic rings. The van der Waals surface area contributed by atoms with Gasteiger partial charge < -0.3 is 0 Å². The van der Waals surface area contributed by atoms with Gasteiger partial charge in [0.15, 0.2) is 17.5 Å². The fourth-order valence-electron chi connectivity index (χ4n) is 3.62. The molecular weight excluding hydrogens is 426 g/mol. The van der Waals surface area contributed by atoms with Crippen LogP contribution in [0.5, 0.6) is 0 Å². The minimum Gasteiger partial charge on any atom is -0.256 e. The summed E-state index contributed by atoms with van der Waals surface area (Å²) < 4.78 is 55.4. The first-order valence-electron chi connectivity index (χ1n) is 10.8. The Kier molecular flexibility index (Phi) is 6.74. The zero-order chi connectivity index (χ0) is 23.4. The second-order valence-corrected chi connectivity index (χ2v) is 7.88. The molecule has 0 atom stereocenters. The number of aromatic nitrogens is 1. The summed E-state index contributed by atoms with van der Waals surface area (Å²) in [5.74, 6) is 1.03. The van der Waals surface area contributed by atoms with Crippen LogP contribution in [0.1, 0.15) is 42.9 Å². The fourth-order valence-corrected chi connectivity index (χ4v) is 3.62. The molecular formula is C28H21F4N. The van der Waals surface area contributed by atoms with E-state index in [1.165, 1.54) is 30.7 Å². The van der Waals surface area contributed by atoms with Gasteiger partial charge in [0, 0.05) is 22.7 Å². The van der Waals surface area contributed by atoms with Crippen LogP contribution in [-0.4, -0.2) is 4.98 Å². The summed E-state index contributed by atoms with van der Waals surface area (Å²) in [6.45, 7) is 2.16. The van der Waals surface area contributed by atoms with Gasteiger partial charge >= 0.3 is 0 Å². The average Bonchev–Trinajstić information content (AvgIpc) is 2.82. The van der Waals surface area contributed by atoms with E-state index in [0.29, 0.717) is 16.8 Å². The van der Waals surface area contributed by atoms with E-state index in [0.717, 1.165) is 30.9 Å². The highest BCUT2D eigenvalue weighted by molar-refractivity contribution is 5.84. The van der Waals surface area contributed by atoms with E-state index in [-0.39, 0.29) is 16.3 Å². The smallest absolute Gasteiger partial charge is 0.195 e. The molecule has 0 aliphatic carbocycles. The van der Waals surface area contributed by atoms with E-state index in [9.17, 15) is 17.6 Å². The van der Waals surface area contributed by atoms with Crippen molar-refractivity contribution in [3.63, 3.8) is 0 Å². The van der Waals surface area contributed by atoms with Crippen LogP contribution < -0.4 is 0 Å². The van der Waals surface area contributed by atoms with Crippen molar-refractivity contribution in [1.82, 2.24) is 4.98 Å². The average molecular weight is 447 g/mol. The Hall–Kier alpha value is -3.65. The van der Waals surface area contributed by atoms with Gasteiger partial charge in [-0.2, -0.15) is 0 Å². The van der Waals surface area contributed by atoms with Gasteiger partial charge in [-0.15, -0.1) is 0 Å². The molecule has 0 bridgehead atoms. The predicted octanol–water partition coefficient (Wildman–Crippen LogP) is 7.59. The molecule has 0 spiro atoms. The van der Waals surface area contributed by atoms with Crippen LogP contribution in [0.3, 0.4) is 0 Å². The molecule has 0 amide bonds. The lowest BCUT2D eigenvalue weighted by Gasteiger charge is -2.05. The van der Waals surface area contributed by atoms with E-state index < -0.39 is 23.3 Å². The number of halogens is 4. The summed E-state index contributed by atoms with van der Waals surface area (Å²) >= 11 is 0. The van der Waals surface area contributed by atoms with E-state index in [1.807, 2.05) is 18.3 Å². The van der Waals surface area contributed by atoms with Crippen LogP contribution in [0.25, 0.3) is 22.0 Å². The van der Waals surface area contributed by atoms with E-state index in [2.05, 4.69) is 23.7 Å². The highest BCUT2D eigenvalue weighted by atomic mass is 19.2. The van der Waals surface area contributed by atoms with Gasteiger partial charge in [0.25, 0.3) is 0 Å². The molecule has 166 valence electrons. The van der Waals surface area contributed by atoms with Crippen molar-refractivity contribution in [1.29, 1.82) is 0 Å². The Bertz CT molecular complexity index is 1370. The lowest BCUT2D eigenvalue weighted by molar-refractivity contribution is 0.453. The normalized spacial score (nSPS) is 10.8. The van der Waals surface area contributed by atoms with Crippen LogP contribution in [0.4, 0.5) is 17.6 Å². The van der Waals surface area contributed by atoms with Gasteiger partial charge in [-0.3, -0.25) is 4.98 Å². The minimum atomic E-state index is -1.51. The van der Waals surface area contributed by atoms with Gasteiger partial charge in [-0.25, -0.2) is 17.6 Å². The quantitative estimate of drug-likeness (QED) is 0.133. The molecule has 5 heteroatoms. The molecule has 0 fully saturated rings. The van der Waals surface area contributed by atoms with Crippen LogP contribution in [0.2, 0.25) is 0 Å². The maximum atomic E-state index is 14.7. The molecule has 0 unspecified atom stereocenters. The summed E-state index contributed by atoms with van der Waals surface area (Å²) in [5.41, 5.74) is 3.10. The fraction of sp³-hybridized carbons (Fsp3) is 0.179.